The quantitative estimate of drug-likeness (QED) is 0.505. The minimum absolute atomic E-state index is 0.101. The van der Waals surface area contributed by atoms with Gasteiger partial charge in [-0.3, -0.25) is 8.77 Å². The van der Waals surface area contributed by atoms with Crippen LogP contribution >= 0.6 is 12.8 Å². The summed E-state index contributed by atoms with van der Waals surface area (Å²) in [6.45, 7) is 0. The average Bonchev–Trinajstić information content (AvgIpc) is 1.77. The normalized spacial score (nSPS) is 9.12. The molecule has 0 saturated carbocycles. The third kappa shape index (κ3) is 0.924. The van der Waals surface area contributed by atoms with E-state index in [1.165, 1.54) is 10.0 Å². The van der Waals surface area contributed by atoms with Gasteiger partial charge in [0.25, 0.3) is 5.56 Å². The number of rotatable bonds is 0. The van der Waals surface area contributed by atoms with E-state index < -0.39 is 0 Å². The second-order valence-electron chi connectivity index (χ2n) is 1.38. The summed E-state index contributed by atoms with van der Waals surface area (Å²) in [7, 11) is 0. The van der Waals surface area contributed by atoms with Crippen molar-refractivity contribution in [1.82, 2.24) is 3.97 Å². The molecule has 0 aliphatic rings. The van der Waals surface area contributed by atoms with E-state index >= 15 is 0 Å². The minimum Gasteiger partial charge on any atom is -0.268 e. The molecule has 0 aliphatic heterocycles. The zero-order chi connectivity index (χ0) is 5.98. The van der Waals surface area contributed by atoms with Crippen molar-refractivity contribution < 1.29 is 0 Å². The zero-order valence-corrected chi connectivity index (χ0v) is 5.01. The van der Waals surface area contributed by atoms with E-state index in [2.05, 4.69) is 12.8 Å². The fraction of sp³-hybridized carbons (Fsp3) is 0. The van der Waals surface area contributed by atoms with Crippen LogP contribution in [0.5, 0.6) is 0 Å². The van der Waals surface area contributed by atoms with Gasteiger partial charge in [0.15, 0.2) is 0 Å². The second-order valence-corrected chi connectivity index (χ2v) is 1.81. The van der Waals surface area contributed by atoms with Crippen LogP contribution in [0.3, 0.4) is 0 Å². The lowest BCUT2D eigenvalue weighted by atomic mass is 10.5. The van der Waals surface area contributed by atoms with Crippen molar-refractivity contribution in [2.45, 2.75) is 0 Å². The van der Waals surface area contributed by atoms with Crippen LogP contribution in [0, 0.1) is 0 Å². The van der Waals surface area contributed by atoms with Gasteiger partial charge in [0.05, 0.1) is 0 Å². The van der Waals surface area contributed by atoms with Gasteiger partial charge in [0.2, 0.25) is 0 Å². The maximum atomic E-state index is 10.5. The molecule has 0 unspecified atom stereocenters. The maximum absolute atomic E-state index is 10.5. The number of hydrogen-bond acceptors (Lipinski definition) is 2. The first-order valence-electron chi connectivity index (χ1n) is 2.17. The highest BCUT2D eigenvalue weighted by molar-refractivity contribution is 7.78. The van der Waals surface area contributed by atoms with Gasteiger partial charge in [0.1, 0.15) is 0 Å². The largest absolute Gasteiger partial charge is 0.268 e. The molecule has 42 valence electrons. The molecule has 1 aromatic heterocycles. The average molecular weight is 127 g/mol. The summed E-state index contributed by atoms with van der Waals surface area (Å²) in [5, 5.41) is 0. The molecule has 0 aliphatic carbocycles. The number of hydrogen-bond donors (Lipinski definition) is 1. The van der Waals surface area contributed by atoms with E-state index in [0.717, 1.165) is 0 Å². The minimum atomic E-state index is -0.101. The third-order valence-corrected chi connectivity index (χ3v) is 1.13. The van der Waals surface area contributed by atoms with Crippen LogP contribution in [0.15, 0.2) is 29.2 Å². The molecule has 0 saturated heterocycles. The van der Waals surface area contributed by atoms with Gasteiger partial charge in [-0.25, -0.2) is 0 Å². The van der Waals surface area contributed by atoms with E-state index in [1.54, 1.807) is 18.3 Å². The lowest BCUT2D eigenvalue weighted by Crippen LogP contribution is -2.08. The van der Waals surface area contributed by atoms with Crippen molar-refractivity contribution in [3.05, 3.63) is 34.7 Å². The van der Waals surface area contributed by atoms with Gasteiger partial charge in [-0.2, -0.15) is 0 Å². The summed E-state index contributed by atoms with van der Waals surface area (Å²) < 4.78 is 1.22. The van der Waals surface area contributed by atoms with E-state index in [-0.39, 0.29) is 5.56 Å². The molecule has 0 amide bonds. The molecule has 1 heterocycles. The van der Waals surface area contributed by atoms with Gasteiger partial charge in [0, 0.05) is 12.3 Å². The topological polar surface area (TPSA) is 22.0 Å². The highest BCUT2D eigenvalue weighted by Gasteiger charge is 1.80. The van der Waals surface area contributed by atoms with Crippen molar-refractivity contribution in [3.63, 3.8) is 0 Å². The molecule has 0 fully saturated rings. The Bertz CT molecular complexity index is 230. The highest BCUT2D eigenvalue weighted by Crippen LogP contribution is 1.79. The molecule has 1 aromatic rings. The van der Waals surface area contributed by atoms with E-state index in [9.17, 15) is 4.79 Å². The smallest absolute Gasteiger partial charge is 0.260 e. The Hall–Kier alpha value is -0.700. The van der Waals surface area contributed by atoms with Gasteiger partial charge in [-0.05, 0) is 6.07 Å². The first-order valence-corrected chi connectivity index (χ1v) is 2.57. The fourth-order valence-corrected chi connectivity index (χ4v) is 0.563. The Labute approximate surface area is 52.3 Å². The Kier molecular flexibility index (Phi) is 1.39. The first kappa shape index (κ1) is 5.44. The molecular formula is C5H5NOS. The monoisotopic (exact) mass is 127 g/mol. The third-order valence-electron chi connectivity index (χ3n) is 0.803. The summed E-state index contributed by atoms with van der Waals surface area (Å²) in [6, 6.07) is 4.87. The first-order chi connectivity index (χ1) is 3.80. The van der Waals surface area contributed by atoms with Crippen molar-refractivity contribution >= 4 is 12.8 Å². The van der Waals surface area contributed by atoms with Crippen LogP contribution in [0.1, 0.15) is 0 Å². The highest BCUT2D eigenvalue weighted by atomic mass is 32.1. The Morgan fingerprint density at radius 3 is 2.62 bits per heavy atom. The van der Waals surface area contributed by atoms with Crippen LogP contribution in [0.2, 0.25) is 0 Å². The van der Waals surface area contributed by atoms with E-state index in [4.69, 9.17) is 0 Å². The van der Waals surface area contributed by atoms with Crippen molar-refractivity contribution in [2.75, 3.05) is 0 Å². The number of pyridine rings is 1. The number of nitrogens with zero attached hydrogens (tertiary/aromatic N) is 1. The molecule has 0 N–H and O–H groups in total. The molecule has 0 radical (unpaired) electrons. The lowest BCUT2D eigenvalue weighted by molar-refractivity contribution is 1.16. The van der Waals surface area contributed by atoms with Crippen LogP contribution in [0.25, 0.3) is 0 Å². The fourth-order valence-electron chi connectivity index (χ4n) is 0.419. The van der Waals surface area contributed by atoms with Gasteiger partial charge >= 0.3 is 0 Å². The second kappa shape index (κ2) is 2.05. The van der Waals surface area contributed by atoms with Crippen molar-refractivity contribution in [3.8, 4) is 0 Å². The summed E-state index contributed by atoms with van der Waals surface area (Å²) >= 11 is 3.80. The van der Waals surface area contributed by atoms with Crippen molar-refractivity contribution in [2.24, 2.45) is 0 Å². The molecule has 0 bridgehead atoms. The predicted molar refractivity (Wildman–Crippen MR) is 35.1 cm³/mol. The van der Waals surface area contributed by atoms with Gasteiger partial charge < -0.3 is 0 Å². The van der Waals surface area contributed by atoms with E-state index in [0.29, 0.717) is 0 Å². The summed E-state index contributed by atoms with van der Waals surface area (Å²) in [5.41, 5.74) is -0.101. The van der Waals surface area contributed by atoms with E-state index in [1.807, 2.05) is 0 Å². The Balaban J connectivity index is 3.35. The summed E-state index contributed by atoms with van der Waals surface area (Å²) in [4.78, 5) is 10.5. The molecule has 8 heavy (non-hydrogen) atoms. The lowest BCUT2D eigenvalue weighted by Gasteiger charge is -1.87. The Morgan fingerprint density at radius 2 is 2.25 bits per heavy atom. The van der Waals surface area contributed by atoms with Gasteiger partial charge in [-0.15, -0.1) is 0 Å². The molecule has 0 aromatic carbocycles. The molecule has 1 rings (SSSR count). The predicted octanol–water partition coefficient (Wildman–Crippen LogP) is 0.541. The van der Waals surface area contributed by atoms with Gasteiger partial charge in [-0.1, -0.05) is 18.9 Å². The zero-order valence-electron chi connectivity index (χ0n) is 4.11. The van der Waals surface area contributed by atoms with Crippen LogP contribution in [0.4, 0.5) is 0 Å². The summed E-state index contributed by atoms with van der Waals surface area (Å²) in [5.74, 6) is 0. The Morgan fingerprint density at radius 1 is 1.50 bits per heavy atom. The van der Waals surface area contributed by atoms with Crippen molar-refractivity contribution in [1.29, 1.82) is 0 Å². The van der Waals surface area contributed by atoms with Crippen LogP contribution < -0.4 is 5.56 Å². The SMILES string of the molecule is O=c1ccccn1S. The molecule has 0 spiro atoms. The summed E-state index contributed by atoms with van der Waals surface area (Å²) in [6.07, 6.45) is 1.59. The molecule has 2 nitrogen and oxygen atoms in total. The number of thiol groups is 1. The standard InChI is InChI=1S/C5H5NOS/c7-5-3-1-2-4-6(5)8/h1-4,8H. The molecule has 0 atom stereocenters. The molecule has 3 heteroatoms. The molecular weight excluding hydrogens is 122 g/mol. The maximum Gasteiger partial charge on any atom is 0.260 e. The van der Waals surface area contributed by atoms with Crippen LogP contribution in [-0.2, 0) is 0 Å². The number of aromatic nitrogens is 1. The van der Waals surface area contributed by atoms with Crippen LogP contribution in [-0.4, -0.2) is 3.97 Å².